The van der Waals surface area contributed by atoms with Crippen molar-refractivity contribution in [2.75, 3.05) is 44.7 Å². The second-order valence-corrected chi connectivity index (χ2v) is 9.32. The molecule has 1 saturated heterocycles. The van der Waals surface area contributed by atoms with Gasteiger partial charge in [0.15, 0.2) is 0 Å². The summed E-state index contributed by atoms with van der Waals surface area (Å²) in [6.45, 7) is 5.06. The van der Waals surface area contributed by atoms with E-state index >= 15 is 0 Å². The van der Waals surface area contributed by atoms with Gasteiger partial charge in [-0.05, 0) is 42.6 Å². The maximum absolute atomic E-state index is 14.1. The number of nitrogens with one attached hydrogen (secondary N) is 4. The molecule has 190 valence electrons. The molecule has 3 heterocycles. The number of fused-ring (bicyclic) bond motifs is 1. The first-order valence-corrected chi connectivity index (χ1v) is 12.1. The number of nitrogens with two attached hydrogens (primary N) is 1. The summed E-state index contributed by atoms with van der Waals surface area (Å²) in [4.78, 5) is 15.9. The van der Waals surface area contributed by atoms with E-state index in [1.807, 2.05) is 4.90 Å². The second kappa shape index (κ2) is 10.7. The molecule has 2 atom stereocenters. The summed E-state index contributed by atoms with van der Waals surface area (Å²) >= 11 is 0. The van der Waals surface area contributed by atoms with Gasteiger partial charge in [0.2, 0.25) is 5.91 Å². The van der Waals surface area contributed by atoms with Gasteiger partial charge < -0.3 is 36.9 Å². The van der Waals surface area contributed by atoms with E-state index in [4.69, 9.17) is 11.1 Å². The Kier molecular flexibility index (Phi) is 7.71. The lowest BCUT2D eigenvalue weighted by molar-refractivity contribution is -0.128. The van der Waals surface area contributed by atoms with Crippen LogP contribution in [0.1, 0.15) is 42.9 Å². The molecule has 6 N–H and O–H groups in total. The zero-order chi connectivity index (χ0) is 25.1. The van der Waals surface area contributed by atoms with Crippen LogP contribution >= 0.6 is 0 Å². The number of anilines is 1. The highest BCUT2D eigenvalue weighted by Gasteiger charge is 2.33. The van der Waals surface area contributed by atoms with Crippen LogP contribution in [-0.4, -0.2) is 69.0 Å². The monoisotopic (exact) mass is 487 g/mol. The van der Waals surface area contributed by atoms with Crippen molar-refractivity contribution in [3.8, 4) is 0 Å². The average molecular weight is 488 g/mol. The maximum Gasteiger partial charge on any atom is 0.264 e. The molecular formula is C25H35F2N7O. The normalized spacial score (nSPS) is 21.4. The number of allylic oxidation sites excluding steroid dienone is 1. The molecule has 1 aromatic carbocycles. The lowest BCUT2D eigenvalue weighted by atomic mass is 9.96. The van der Waals surface area contributed by atoms with Gasteiger partial charge in [0.25, 0.3) is 6.43 Å². The minimum Gasteiger partial charge on any atom is -0.393 e. The summed E-state index contributed by atoms with van der Waals surface area (Å²) in [5, 5.41) is 17.5. The Labute approximate surface area is 205 Å². The summed E-state index contributed by atoms with van der Waals surface area (Å²) in [7, 11) is 1.68. The van der Waals surface area contributed by atoms with E-state index in [1.54, 1.807) is 31.1 Å². The molecule has 4 rings (SSSR count). The minimum atomic E-state index is -2.69. The molecule has 3 aliphatic heterocycles. The zero-order valence-electron chi connectivity index (χ0n) is 20.3. The van der Waals surface area contributed by atoms with Crippen LogP contribution in [0.3, 0.4) is 0 Å². The molecule has 0 radical (unpaired) electrons. The number of halogens is 2. The summed E-state index contributed by atoms with van der Waals surface area (Å²) < 4.78 is 28.2. The number of carbonyl (C=O) groups excluding carboxylic acids is 1. The molecule has 1 amide bonds. The third-order valence-corrected chi connectivity index (χ3v) is 7.14. The Morgan fingerprint density at radius 3 is 2.74 bits per heavy atom. The highest BCUT2D eigenvalue weighted by atomic mass is 19.3. The molecule has 8 nitrogen and oxygen atoms in total. The van der Waals surface area contributed by atoms with Gasteiger partial charge in [0.1, 0.15) is 6.17 Å². The summed E-state index contributed by atoms with van der Waals surface area (Å²) in [6.07, 6.45) is 1.79. The van der Waals surface area contributed by atoms with Crippen LogP contribution in [0, 0.1) is 5.41 Å². The smallest absolute Gasteiger partial charge is 0.264 e. The lowest BCUT2D eigenvalue weighted by Crippen LogP contribution is -2.50. The van der Waals surface area contributed by atoms with Crippen LogP contribution in [0.4, 0.5) is 14.5 Å². The fourth-order valence-electron chi connectivity index (χ4n) is 5.26. The minimum absolute atomic E-state index is 0.00164. The first-order valence-electron chi connectivity index (χ1n) is 12.1. The van der Waals surface area contributed by atoms with Crippen LogP contribution in [0.15, 0.2) is 29.6 Å². The maximum atomic E-state index is 14.1. The van der Waals surface area contributed by atoms with E-state index in [0.29, 0.717) is 55.3 Å². The predicted octanol–water partition coefficient (Wildman–Crippen LogP) is 1.94. The van der Waals surface area contributed by atoms with Gasteiger partial charge in [-0.3, -0.25) is 4.79 Å². The number of benzene rings is 1. The van der Waals surface area contributed by atoms with E-state index in [9.17, 15) is 13.6 Å². The van der Waals surface area contributed by atoms with Crippen LogP contribution < -0.4 is 26.6 Å². The molecule has 3 aliphatic rings. The fraction of sp³-hybridized carbons (Fsp3) is 0.520. The second-order valence-electron chi connectivity index (χ2n) is 9.32. The summed E-state index contributed by atoms with van der Waals surface area (Å²) in [6, 6.07) is 3.60. The highest BCUT2D eigenvalue weighted by Crippen LogP contribution is 2.39. The fourth-order valence-corrected chi connectivity index (χ4v) is 5.26. The van der Waals surface area contributed by atoms with Gasteiger partial charge in [0, 0.05) is 93.1 Å². The van der Waals surface area contributed by atoms with Gasteiger partial charge >= 0.3 is 0 Å². The number of rotatable bonds is 8. The van der Waals surface area contributed by atoms with E-state index in [0.717, 1.165) is 42.6 Å². The Morgan fingerprint density at radius 2 is 2.11 bits per heavy atom. The van der Waals surface area contributed by atoms with Crippen molar-refractivity contribution >= 4 is 23.4 Å². The first kappa shape index (κ1) is 25.1. The Hall–Kier alpha value is -2.98. The van der Waals surface area contributed by atoms with Crippen LogP contribution in [0.25, 0.3) is 5.57 Å². The number of alkyl halides is 2. The molecule has 0 aromatic heterocycles. The van der Waals surface area contributed by atoms with E-state index < -0.39 is 12.6 Å². The van der Waals surface area contributed by atoms with Gasteiger partial charge in [0.05, 0.1) is 0 Å². The molecule has 10 heteroatoms. The Bertz CT molecular complexity index is 1030. The predicted molar refractivity (Wildman–Crippen MR) is 135 cm³/mol. The van der Waals surface area contributed by atoms with Crippen molar-refractivity contribution in [2.45, 2.75) is 44.8 Å². The third kappa shape index (κ3) is 5.18. The van der Waals surface area contributed by atoms with E-state index in [2.05, 4.69) is 16.0 Å². The molecule has 2 unspecified atom stereocenters. The molecule has 0 aliphatic carbocycles. The first-order chi connectivity index (χ1) is 16.8. The van der Waals surface area contributed by atoms with Crippen LogP contribution in [0.5, 0.6) is 0 Å². The number of hydrogen-bond acceptors (Lipinski definition) is 7. The zero-order valence-corrected chi connectivity index (χ0v) is 20.3. The molecular weight excluding hydrogens is 452 g/mol. The van der Waals surface area contributed by atoms with E-state index in [-0.39, 0.29) is 11.5 Å². The number of amides is 1. The van der Waals surface area contributed by atoms with Crippen LogP contribution in [-0.2, 0) is 11.2 Å². The van der Waals surface area contributed by atoms with Gasteiger partial charge in [-0.25, -0.2) is 8.78 Å². The number of hydrogen-bond donors (Lipinski definition) is 5. The Balaban J connectivity index is 1.70. The molecule has 1 fully saturated rings. The van der Waals surface area contributed by atoms with Crippen molar-refractivity contribution in [3.63, 3.8) is 0 Å². The highest BCUT2D eigenvalue weighted by molar-refractivity contribution is 6.09. The van der Waals surface area contributed by atoms with Crippen molar-refractivity contribution in [3.05, 3.63) is 46.3 Å². The third-order valence-electron chi connectivity index (χ3n) is 7.14. The van der Waals surface area contributed by atoms with Crippen molar-refractivity contribution in [1.82, 2.24) is 20.9 Å². The summed E-state index contributed by atoms with van der Waals surface area (Å²) in [5.41, 5.74) is 11.1. The average Bonchev–Trinajstić information content (AvgIpc) is 3.51. The van der Waals surface area contributed by atoms with E-state index in [1.165, 1.54) is 6.07 Å². The van der Waals surface area contributed by atoms with Gasteiger partial charge in [-0.15, -0.1) is 0 Å². The van der Waals surface area contributed by atoms with Crippen molar-refractivity contribution in [2.24, 2.45) is 5.73 Å². The standard InChI is InChI=1S/C25H35F2N7O/c1-15(35)33-7-5-22(32-18-3-6-31-13-18)21(14-33)25(29)34-8-4-16-9-19(17(11-28)12-30-2)20(24(26)27)10-23(16)34/h9-12,18,24-25,28,30-32H,3-8,13-14,29H2,1-2H3/b17-12+,28-11?. The lowest BCUT2D eigenvalue weighted by Gasteiger charge is -2.38. The quantitative estimate of drug-likeness (QED) is 0.359. The Morgan fingerprint density at radius 1 is 1.31 bits per heavy atom. The van der Waals surface area contributed by atoms with Crippen molar-refractivity contribution < 1.29 is 13.6 Å². The van der Waals surface area contributed by atoms with Crippen LogP contribution in [0.2, 0.25) is 0 Å². The van der Waals surface area contributed by atoms with Gasteiger partial charge in [-0.1, -0.05) is 0 Å². The molecule has 1 aromatic rings. The van der Waals surface area contributed by atoms with Gasteiger partial charge in [-0.2, -0.15) is 0 Å². The van der Waals surface area contributed by atoms with Crippen molar-refractivity contribution in [1.29, 1.82) is 5.41 Å². The summed E-state index contributed by atoms with van der Waals surface area (Å²) in [5.74, 6) is -0.00164. The molecule has 0 saturated carbocycles. The largest absolute Gasteiger partial charge is 0.393 e. The topological polar surface area (TPSA) is 110 Å². The number of nitrogens with zero attached hydrogens (tertiary/aromatic N) is 2. The molecule has 0 bridgehead atoms. The molecule has 35 heavy (non-hydrogen) atoms. The molecule has 0 spiro atoms. The SMILES string of the molecule is CN/C=C(\C=N)c1cc2c(cc1C(F)F)N(C(N)C1=C(NC3CCNC3)CCN(C(C)=O)C1)CC2. The number of carbonyl (C=O) groups is 1.